The van der Waals surface area contributed by atoms with Crippen LogP contribution in [-0.2, 0) is 19.6 Å². The Morgan fingerprint density at radius 1 is 1.03 bits per heavy atom. The summed E-state index contributed by atoms with van der Waals surface area (Å²) >= 11 is 0. The number of amides is 1. The summed E-state index contributed by atoms with van der Waals surface area (Å²) in [4.78, 5) is 15.6. The second-order valence-corrected chi connectivity index (χ2v) is 10.5. The quantitative estimate of drug-likeness (QED) is 0.613. The SMILES string of the molecule is CCC(Oc1ccccc1)C(=O)Nc1cc(S(=O)(=O)N2CCOCC2)ccc1N1CCCCC1. The van der Waals surface area contributed by atoms with Gasteiger partial charge in [0.15, 0.2) is 6.10 Å². The van der Waals surface area contributed by atoms with Crippen molar-refractivity contribution in [3.8, 4) is 5.75 Å². The first kappa shape index (κ1) is 24.5. The Balaban J connectivity index is 1.62. The number of carbonyl (C=O) groups is 1. The zero-order chi connectivity index (χ0) is 24.0. The van der Waals surface area contributed by atoms with Crippen molar-refractivity contribution in [2.75, 3.05) is 49.6 Å². The van der Waals surface area contributed by atoms with Crippen molar-refractivity contribution >= 4 is 27.3 Å². The summed E-state index contributed by atoms with van der Waals surface area (Å²) in [7, 11) is -3.69. The number of nitrogens with zero attached hydrogens (tertiary/aromatic N) is 2. The average molecular weight is 488 g/mol. The highest BCUT2D eigenvalue weighted by molar-refractivity contribution is 7.89. The van der Waals surface area contributed by atoms with E-state index >= 15 is 0 Å². The van der Waals surface area contributed by atoms with E-state index in [1.165, 1.54) is 10.7 Å². The van der Waals surface area contributed by atoms with Crippen LogP contribution in [0.25, 0.3) is 0 Å². The number of hydrogen-bond donors (Lipinski definition) is 1. The topological polar surface area (TPSA) is 88.2 Å². The van der Waals surface area contributed by atoms with Gasteiger partial charge in [0.05, 0.1) is 29.5 Å². The predicted molar refractivity (Wildman–Crippen MR) is 132 cm³/mol. The highest BCUT2D eigenvalue weighted by Crippen LogP contribution is 2.32. The Morgan fingerprint density at radius 2 is 1.74 bits per heavy atom. The van der Waals surface area contributed by atoms with E-state index in [-0.39, 0.29) is 10.8 Å². The van der Waals surface area contributed by atoms with E-state index in [4.69, 9.17) is 9.47 Å². The minimum atomic E-state index is -3.69. The average Bonchev–Trinajstić information content (AvgIpc) is 2.88. The van der Waals surface area contributed by atoms with Gasteiger partial charge >= 0.3 is 0 Å². The van der Waals surface area contributed by atoms with Crippen molar-refractivity contribution in [3.63, 3.8) is 0 Å². The minimum Gasteiger partial charge on any atom is -0.481 e. The zero-order valence-electron chi connectivity index (χ0n) is 19.6. The number of para-hydroxylation sites is 1. The van der Waals surface area contributed by atoms with Gasteiger partial charge in [-0.15, -0.1) is 0 Å². The molecule has 0 radical (unpaired) electrons. The van der Waals surface area contributed by atoms with Crippen LogP contribution < -0.4 is 15.0 Å². The fraction of sp³-hybridized carbons (Fsp3) is 0.480. The maximum absolute atomic E-state index is 13.3. The van der Waals surface area contributed by atoms with Crippen LogP contribution in [0.15, 0.2) is 53.4 Å². The molecule has 2 aliphatic heterocycles. The fourth-order valence-electron chi connectivity index (χ4n) is 4.32. The molecular formula is C25H33N3O5S. The van der Waals surface area contributed by atoms with Crippen LogP contribution >= 0.6 is 0 Å². The molecule has 184 valence electrons. The number of hydrogen-bond acceptors (Lipinski definition) is 6. The predicted octanol–water partition coefficient (Wildman–Crippen LogP) is 3.49. The lowest BCUT2D eigenvalue weighted by molar-refractivity contribution is -0.122. The molecule has 0 bridgehead atoms. The summed E-state index contributed by atoms with van der Waals surface area (Å²) in [6.45, 7) is 5.03. The number of carbonyl (C=O) groups excluding carboxylic acids is 1. The monoisotopic (exact) mass is 487 g/mol. The number of sulfonamides is 1. The van der Waals surface area contributed by atoms with Crippen molar-refractivity contribution in [1.82, 2.24) is 4.31 Å². The first-order valence-corrected chi connectivity index (χ1v) is 13.4. The van der Waals surface area contributed by atoms with E-state index in [1.54, 1.807) is 12.1 Å². The number of anilines is 2. The minimum absolute atomic E-state index is 0.169. The van der Waals surface area contributed by atoms with E-state index in [0.29, 0.717) is 44.2 Å². The summed E-state index contributed by atoms with van der Waals surface area (Å²) in [6.07, 6.45) is 3.08. The van der Waals surface area contributed by atoms with Crippen LogP contribution in [0.4, 0.5) is 11.4 Å². The van der Waals surface area contributed by atoms with Crippen molar-refractivity contribution in [3.05, 3.63) is 48.5 Å². The second-order valence-electron chi connectivity index (χ2n) is 8.56. The second kappa shape index (κ2) is 11.2. The summed E-state index contributed by atoms with van der Waals surface area (Å²) < 4.78 is 39.2. The molecule has 0 aliphatic carbocycles. The first-order chi connectivity index (χ1) is 16.5. The maximum Gasteiger partial charge on any atom is 0.265 e. The standard InChI is InChI=1S/C25H33N3O5S/c1-2-24(33-20-9-5-3-6-10-20)25(29)26-22-19-21(34(30,31)28-15-17-32-18-16-28)11-12-23(22)27-13-7-4-8-14-27/h3,5-6,9-12,19,24H,2,4,7-8,13-18H2,1H3,(H,26,29). The summed E-state index contributed by atoms with van der Waals surface area (Å²) in [5.74, 6) is 0.315. The smallest absolute Gasteiger partial charge is 0.265 e. The van der Waals surface area contributed by atoms with Crippen LogP contribution in [0.1, 0.15) is 32.6 Å². The molecule has 0 saturated carbocycles. The molecule has 8 nitrogen and oxygen atoms in total. The van der Waals surface area contributed by atoms with Crippen LogP contribution in [0.5, 0.6) is 5.75 Å². The number of benzene rings is 2. The molecule has 2 fully saturated rings. The third-order valence-corrected chi connectivity index (χ3v) is 8.11. The van der Waals surface area contributed by atoms with E-state index in [9.17, 15) is 13.2 Å². The van der Waals surface area contributed by atoms with Gasteiger partial charge in [0.2, 0.25) is 10.0 Å². The molecule has 2 aromatic carbocycles. The highest BCUT2D eigenvalue weighted by atomic mass is 32.2. The van der Waals surface area contributed by atoms with Gasteiger partial charge < -0.3 is 19.7 Å². The van der Waals surface area contributed by atoms with Gasteiger partial charge in [0.1, 0.15) is 5.75 Å². The molecule has 1 unspecified atom stereocenters. The molecule has 2 saturated heterocycles. The van der Waals surface area contributed by atoms with Crippen molar-refractivity contribution in [2.24, 2.45) is 0 Å². The summed E-state index contributed by atoms with van der Waals surface area (Å²) in [5, 5.41) is 2.98. The van der Waals surface area contributed by atoms with Gasteiger partial charge in [0.25, 0.3) is 5.91 Å². The highest BCUT2D eigenvalue weighted by Gasteiger charge is 2.29. The Hall–Kier alpha value is -2.62. The van der Waals surface area contributed by atoms with Gasteiger partial charge in [-0.25, -0.2) is 8.42 Å². The molecule has 4 rings (SSSR count). The molecule has 9 heteroatoms. The molecule has 2 aromatic rings. The number of ether oxygens (including phenoxy) is 2. The lowest BCUT2D eigenvalue weighted by Gasteiger charge is -2.31. The molecule has 2 heterocycles. The van der Waals surface area contributed by atoms with Gasteiger partial charge in [0, 0.05) is 26.2 Å². The van der Waals surface area contributed by atoms with E-state index < -0.39 is 16.1 Å². The number of nitrogens with one attached hydrogen (secondary N) is 1. The Labute approximate surface area is 201 Å². The fourth-order valence-corrected chi connectivity index (χ4v) is 5.76. The Morgan fingerprint density at radius 3 is 2.41 bits per heavy atom. The Kier molecular flexibility index (Phi) is 8.07. The lowest BCUT2D eigenvalue weighted by Crippen LogP contribution is -2.40. The number of piperidine rings is 1. The Bertz CT molecular complexity index is 1070. The van der Waals surface area contributed by atoms with E-state index in [1.807, 2.05) is 43.3 Å². The third-order valence-electron chi connectivity index (χ3n) is 6.22. The largest absolute Gasteiger partial charge is 0.481 e. The first-order valence-electron chi connectivity index (χ1n) is 12.0. The number of morpholine rings is 1. The van der Waals surface area contributed by atoms with Crippen LogP contribution in [0.2, 0.25) is 0 Å². The molecule has 1 amide bonds. The molecule has 34 heavy (non-hydrogen) atoms. The molecule has 1 N–H and O–H groups in total. The van der Waals surface area contributed by atoms with Gasteiger partial charge in [-0.3, -0.25) is 4.79 Å². The molecule has 2 aliphatic rings. The molecular weight excluding hydrogens is 454 g/mol. The van der Waals surface area contributed by atoms with Gasteiger partial charge in [-0.1, -0.05) is 25.1 Å². The lowest BCUT2D eigenvalue weighted by atomic mass is 10.1. The summed E-state index contributed by atoms with van der Waals surface area (Å²) in [5.41, 5.74) is 1.33. The zero-order valence-corrected chi connectivity index (χ0v) is 20.4. The van der Waals surface area contributed by atoms with E-state index in [0.717, 1.165) is 31.6 Å². The van der Waals surface area contributed by atoms with Crippen molar-refractivity contribution in [2.45, 2.75) is 43.6 Å². The van der Waals surface area contributed by atoms with Crippen LogP contribution in [0, 0.1) is 0 Å². The van der Waals surface area contributed by atoms with E-state index in [2.05, 4.69) is 10.2 Å². The molecule has 0 aromatic heterocycles. The molecule has 0 spiro atoms. The van der Waals surface area contributed by atoms with Crippen molar-refractivity contribution < 1.29 is 22.7 Å². The maximum atomic E-state index is 13.3. The summed E-state index contributed by atoms with van der Waals surface area (Å²) in [6, 6.07) is 14.3. The van der Waals surface area contributed by atoms with Gasteiger partial charge in [-0.05, 0) is 56.0 Å². The third kappa shape index (κ3) is 5.71. The van der Waals surface area contributed by atoms with Crippen LogP contribution in [0.3, 0.4) is 0 Å². The normalized spacial score (nSPS) is 18.3. The van der Waals surface area contributed by atoms with Crippen LogP contribution in [-0.4, -0.2) is 64.1 Å². The van der Waals surface area contributed by atoms with Crippen molar-refractivity contribution in [1.29, 1.82) is 0 Å². The van der Waals surface area contributed by atoms with Gasteiger partial charge in [-0.2, -0.15) is 4.31 Å². The molecule has 1 atom stereocenters. The number of rotatable bonds is 8.